The van der Waals surface area contributed by atoms with Crippen LogP contribution >= 0.6 is 22.9 Å². The zero-order valence-corrected chi connectivity index (χ0v) is 24.9. The second kappa shape index (κ2) is 11.4. The highest BCUT2D eigenvalue weighted by molar-refractivity contribution is 7.89. The van der Waals surface area contributed by atoms with E-state index in [-0.39, 0.29) is 25.0 Å². The van der Waals surface area contributed by atoms with E-state index in [1.165, 1.54) is 11.3 Å². The third-order valence-electron chi connectivity index (χ3n) is 7.39. The van der Waals surface area contributed by atoms with Crippen molar-refractivity contribution in [2.24, 2.45) is 5.92 Å². The summed E-state index contributed by atoms with van der Waals surface area (Å²) in [4.78, 5) is 19.8. The first kappa shape index (κ1) is 28.4. The van der Waals surface area contributed by atoms with E-state index in [9.17, 15) is 13.2 Å². The molecule has 210 valence electrons. The van der Waals surface area contributed by atoms with Gasteiger partial charge in [0.25, 0.3) is 0 Å². The fourth-order valence-corrected chi connectivity index (χ4v) is 8.41. The molecule has 2 saturated heterocycles. The number of ether oxygens (including phenoxy) is 1. The van der Waals surface area contributed by atoms with Gasteiger partial charge in [0.15, 0.2) is 5.13 Å². The van der Waals surface area contributed by atoms with Crippen molar-refractivity contribution in [1.29, 1.82) is 0 Å². The molecule has 2 aliphatic heterocycles. The molecule has 0 bridgehead atoms. The third-order valence-corrected chi connectivity index (χ3v) is 10.5. The molecular formula is C28H35ClN4O4S2. The van der Waals surface area contributed by atoms with E-state index in [1.807, 2.05) is 31.2 Å². The Morgan fingerprint density at radius 3 is 2.74 bits per heavy atom. The molecule has 2 atom stereocenters. The van der Waals surface area contributed by atoms with E-state index in [2.05, 4.69) is 29.0 Å². The van der Waals surface area contributed by atoms with Crippen molar-refractivity contribution in [3.63, 3.8) is 0 Å². The molecule has 5 rings (SSSR count). The van der Waals surface area contributed by atoms with Crippen LogP contribution in [0.2, 0.25) is 5.02 Å². The zero-order valence-electron chi connectivity index (χ0n) is 22.5. The van der Waals surface area contributed by atoms with Gasteiger partial charge in [0.2, 0.25) is 15.9 Å². The van der Waals surface area contributed by atoms with E-state index >= 15 is 0 Å². The molecule has 0 radical (unpaired) electrons. The Morgan fingerprint density at radius 1 is 1.23 bits per heavy atom. The highest BCUT2D eigenvalue weighted by atomic mass is 35.5. The molecule has 11 heteroatoms. The number of fused-ring (bicyclic) bond motifs is 1. The van der Waals surface area contributed by atoms with E-state index < -0.39 is 15.6 Å². The molecule has 1 amide bonds. The Labute approximate surface area is 239 Å². The molecule has 1 spiro atoms. The van der Waals surface area contributed by atoms with Gasteiger partial charge in [-0.25, -0.2) is 13.4 Å². The van der Waals surface area contributed by atoms with Gasteiger partial charge < -0.3 is 10.1 Å². The summed E-state index contributed by atoms with van der Waals surface area (Å²) in [6.45, 7) is 8.18. The third kappa shape index (κ3) is 6.47. The monoisotopic (exact) mass is 590 g/mol. The molecule has 2 aliphatic rings. The second-order valence-corrected chi connectivity index (χ2v) is 14.5. The molecule has 2 aromatic carbocycles. The number of hydrogen-bond donors (Lipinski definition) is 1. The Bertz CT molecular complexity index is 1440. The first-order valence-corrected chi connectivity index (χ1v) is 16.0. The Kier molecular flexibility index (Phi) is 8.33. The summed E-state index contributed by atoms with van der Waals surface area (Å²) in [7, 11) is -3.71. The standard InChI is InChI=1S/C28H35ClN4O4S2/c1-19(2)13-22-16-37-28(18-33(22)39(35,36)23-8-5-20(3)6-9-23)11-4-12-32(17-28)15-26(34)31-27-30-24-10-7-21(29)14-25(24)38-27/h5-10,14,19,22H,4,11-13,15-18H2,1-3H3,(H,30,31,34)/t22-,28+/m0/s1. The summed E-state index contributed by atoms with van der Waals surface area (Å²) >= 11 is 7.46. The first-order valence-electron chi connectivity index (χ1n) is 13.3. The van der Waals surface area contributed by atoms with Crippen molar-refractivity contribution < 1.29 is 17.9 Å². The predicted molar refractivity (Wildman–Crippen MR) is 156 cm³/mol. The molecule has 3 aromatic rings. The van der Waals surface area contributed by atoms with Gasteiger partial charge in [-0.1, -0.05) is 54.5 Å². The van der Waals surface area contributed by atoms with Crippen LogP contribution in [0, 0.1) is 12.8 Å². The number of thiazole rings is 1. The van der Waals surface area contributed by atoms with E-state index in [4.69, 9.17) is 16.3 Å². The number of aromatic nitrogens is 1. The number of nitrogens with one attached hydrogen (secondary N) is 1. The number of amides is 1. The lowest BCUT2D eigenvalue weighted by molar-refractivity contribution is -0.146. The molecule has 1 aromatic heterocycles. The minimum Gasteiger partial charge on any atom is -0.371 e. The summed E-state index contributed by atoms with van der Waals surface area (Å²) in [5.74, 6) is 0.170. The van der Waals surface area contributed by atoms with Gasteiger partial charge in [0.05, 0.1) is 33.9 Å². The number of nitrogens with zero attached hydrogens (tertiary/aromatic N) is 3. The van der Waals surface area contributed by atoms with Crippen LogP contribution in [0.5, 0.6) is 0 Å². The van der Waals surface area contributed by atoms with Crippen LogP contribution in [0.4, 0.5) is 5.13 Å². The van der Waals surface area contributed by atoms with Crippen LogP contribution in [0.1, 0.15) is 38.7 Å². The fourth-order valence-electron chi connectivity index (χ4n) is 5.56. The second-order valence-electron chi connectivity index (χ2n) is 11.1. The average molecular weight is 591 g/mol. The van der Waals surface area contributed by atoms with Crippen LogP contribution < -0.4 is 5.32 Å². The SMILES string of the molecule is Cc1ccc(S(=O)(=O)N2C[C@]3(CCCN(CC(=O)Nc4nc5ccc(Cl)cc5s4)C3)OC[C@@H]2CC(C)C)cc1. The van der Waals surface area contributed by atoms with Crippen molar-refractivity contribution in [3.05, 3.63) is 53.1 Å². The fraction of sp³-hybridized carbons (Fsp3) is 0.500. The van der Waals surface area contributed by atoms with E-state index in [1.54, 1.807) is 22.5 Å². The number of halogens is 1. The number of hydrogen-bond acceptors (Lipinski definition) is 7. The lowest BCUT2D eigenvalue weighted by Gasteiger charge is -2.50. The van der Waals surface area contributed by atoms with Crippen LogP contribution in [0.15, 0.2) is 47.4 Å². The number of aryl methyl sites for hydroxylation is 1. The van der Waals surface area contributed by atoms with Gasteiger partial charge in [-0.3, -0.25) is 9.69 Å². The van der Waals surface area contributed by atoms with E-state index in [0.717, 1.165) is 41.6 Å². The molecule has 0 saturated carbocycles. The first-order chi connectivity index (χ1) is 18.5. The van der Waals surface area contributed by atoms with Gasteiger partial charge in [-0.05, 0) is 69.0 Å². The minimum absolute atomic E-state index is 0.158. The molecule has 3 heterocycles. The van der Waals surface area contributed by atoms with Gasteiger partial charge in [0, 0.05) is 24.2 Å². The van der Waals surface area contributed by atoms with Crippen molar-refractivity contribution >= 4 is 54.2 Å². The summed E-state index contributed by atoms with van der Waals surface area (Å²) in [5.41, 5.74) is 1.15. The zero-order chi connectivity index (χ0) is 27.8. The number of morpholine rings is 1. The lowest BCUT2D eigenvalue weighted by Crippen LogP contribution is -2.64. The molecule has 0 aliphatic carbocycles. The molecule has 0 unspecified atom stereocenters. The number of piperidine rings is 1. The van der Waals surface area contributed by atoms with Crippen molar-refractivity contribution in [2.45, 2.75) is 56.6 Å². The topological polar surface area (TPSA) is 91.8 Å². The summed E-state index contributed by atoms with van der Waals surface area (Å²) in [6.07, 6.45) is 2.29. The minimum atomic E-state index is -3.71. The number of sulfonamides is 1. The quantitative estimate of drug-likeness (QED) is 0.408. The summed E-state index contributed by atoms with van der Waals surface area (Å²) in [5, 5.41) is 4.07. The van der Waals surface area contributed by atoms with Gasteiger partial charge >= 0.3 is 0 Å². The Hall–Kier alpha value is -2.08. The van der Waals surface area contributed by atoms with Gasteiger partial charge in [-0.15, -0.1) is 0 Å². The average Bonchev–Trinajstić information content (AvgIpc) is 3.26. The number of likely N-dealkylation sites (tertiary alicyclic amines) is 1. The van der Waals surface area contributed by atoms with Crippen LogP contribution in [-0.4, -0.2) is 72.9 Å². The van der Waals surface area contributed by atoms with Crippen LogP contribution in [0.3, 0.4) is 0 Å². The number of carbonyl (C=O) groups is 1. The summed E-state index contributed by atoms with van der Waals surface area (Å²) in [6, 6.07) is 12.3. The maximum absolute atomic E-state index is 13.9. The maximum Gasteiger partial charge on any atom is 0.243 e. The molecule has 1 N–H and O–H groups in total. The van der Waals surface area contributed by atoms with Crippen molar-refractivity contribution in [1.82, 2.24) is 14.2 Å². The molecule has 39 heavy (non-hydrogen) atoms. The van der Waals surface area contributed by atoms with Crippen molar-refractivity contribution in [2.75, 3.05) is 38.1 Å². The molecule has 2 fully saturated rings. The normalized spacial score (nSPS) is 23.1. The van der Waals surface area contributed by atoms with E-state index in [0.29, 0.717) is 34.1 Å². The highest BCUT2D eigenvalue weighted by Gasteiger charge is 2.47. The van der Waals surface area contributed by atoms with Crippen LogP contribution in [0.25, 0.3) is 10.2 Å². The van der Waals surface area contributed by atoms with Crippen molar-refractivity contribution in [3.8, 4) is 0 Å². The summed E-state index contributed by atoms with van der Waals surface area (Å²) < 4.78 is 36.8. The van der Waals surface area contributed by atoms with Crippen LogP contribution in [-0.2, 0) is 19.6 Å². The highest BCUT2D eigenvalue weighted by Crippen LogP contribution is 2.36. The predicted octanol–water partition coefficient (Wildman–Crippen LogP) is 5.17. The number of rotatable bonds is 7. The number of carbonyl (C=O) groups excluding carboxylic acids is 1. The lowest BCUT2D eigenvalue weighted by atomic mass is 9.89. The Morgan fingerprint density at radius 2 is 2.00 bits per heavy atom. The smallest absolute Gasteiger partial charge is 0.243 e. The number of anilines is 1. The maximum atomic E-state index is 13.9. The van der Waals surface area contributed by atoms with Gasteiger partial charge in [0.1, 0.15) is 0 Å². The molecule has 8 nitrogen and oxygen atoms in total. The largest absolute Gasteiger partial charge is 0.371 e. The van der Waals surface area contributed by atoms with Gasteiger partial charge in [-0.2, -0.15) is 4.31 Å². The Balaban J connectivity index is 1.30. The number of benzene rings is 2. The molecular weight excluding hydrogens is 556 g/mol.